The molecule has 5 heteroatoms. The highest BCUT2D eigenvalue weighted by molar-refractivity contribution is 6.70. The Bertz CT molecular complexity index is 189. The molecule has 0 aromatic heterocycles. The Hall–Kier alpha value is -0.426. The zero-order valence-corrected chi connectivity index (χ0v) is 11.3. The minimum atomic E-state index is -1.70. The van der Waals surface area contributed by atoms with E-state index >= 15 is 0 Å². The number of aliphatic hydroxyl groups excluding tert-OH is 1. The van der Waals surface area contributed by atoms with Crippen molar-refractivity contribution in [2.24, 2.45) is 0 Å². The third-order valence-corrected chi connectivity index (χ3v) is 2.57. The molecule has 0 aliphatic rings. The quantitative estimate of drug-likeness (QED) is 0.584. The molecule has 0 unspecified atom stereocenters. The smallest absolute Gasteiger partial charge is 0.297 e. The number of hydrogen-bond donors (Lipinski definition) is 1. The lowest BCUT2D eigenvalue weighted by atomic mass is 11.0. The molecule has 1 N–H and O–H groups in total. The second-order valence-electron chi connectivity index (χ2n) is 4.90. The van der Waals surface area contributed by atoms with E-state index in [0.29, 0.717) is 0 Å². The maximum absolute atomic E-state index is 9.32. The predicted octanol–water partition coefficient (Wildman–Crippen LogP) is 3.05. The summed E-state index contributed by atoms with van der Waals surface area (Å²) in [5, 5.41) is 9.32. The number of hydrogen-bond acceptors (Lipinski definition) is 3. The van der Waals surface area contributed by atoms with E-state index in [1.54, 1.807) is 0 Å². The van der Waals surface area contributed by atoms with Crippen LogP contribution < -0.4 is 0 Å². The first-order valence-corrected chi connectivity index (χ1v) is 11.2. The van der Waals surface area contributed by atoms with Crippen molar-refractivity contribution in [3.63, 3.8) is 0 Å². The van der Waals surface area contributed by atoms with Gasteiger partial charge in [0.2, 0.25) is 16.6 Å². The Balaban J connectivity index is 4.05. The summed E-state index contributed by atoms with van der Waals surface area (Å²) in [6, 6.07) is 0. The van der Waals surface area contributed by atoms with Crippen LogP contribution in [-0.4, -0.2) is 21.7 Å². The van der Waals surface area contributed by atoms with Crippen LogP contribution in [0.1, 0.15) is 0 Å². The van der Waals surface area contributed by atoms with E-state index in [-0.39, 0.29) is 5.95 Å². The molecule has 0 spiro atoms. The Morgan fingerprint density at radius 2 is 1.46 bits per heavy atom. The summed E-state index contributed by atoms with van der Waals surface area (Å²) in [6.07, 6.45) is 1.32. The van der Waals surface area contributed by atoms with Gasteiger partial charge in [0.25, 0.3) is 5.95 Å². The van der Waals surface area contributed by atoms with Gasteiger partial charge in [-0.05, 0) is 39.3 Å². The Kier molecular flexibility index (Phi) is 4.05. The first-order chi connectivity index (χ1) is 5.60. The van der Waals surface area contributed by atoms with Crippen LogP contribution in [0.2, 0.25) is 39.3 Å². The van der Waals surface area contributed by atoms with E-state index in [1.165, 1.54) is 6.26 Å². The van der Waals surface area contributed by atoms with Crippen molar-refractivity contribution >= 4 is 16.6 Å². The van der Waals surface area contributed by atoms with E-state index in [0.717, 1.165) is 0 Å². The summed E-state index contributed by atoms with van der Waals surface area (Å²) in [5.41, 5.74) is 0. The highest BCUT2D eigenvalue weighted by Crippen LogP contribution is 2.10. The molecule has 0 aliphatic carbocycles. The Morgan fingerprint density at radius 3 is 1.77 bits per heavy atom. The molecule has 0 atom stereocenters. The molecular weight excluding hydrogens is 200 g/mol. The summed E-state index contributed by atoms with van der Waals surface area (Å²) in [4.78, 5) is 0. The largest absolute Gasteiger partial charge is 0.545 e. The van der Waals surface area contributed by atoms with Gasteiger partial charge in [0.05, 0.1) is 0 Å². The average Bonchev–Trinajstić information content (AvgIpc) is 1.78. The minimum Gasteiger partial charge on any atom is -0.545 e. The molecule has 0 aromatic rings. The van der Waals surface area contributed by atoms with Crippen LogP contribution in [0, 0.1) is 0 Å². The van der Waals surface area contributed by atoms with Crippen LogP contribution in [-0.2, 0) is 8.85 Å². The normalized spacial score (nSPS) is 14.2. The van der Waals surface area contributed by atoms with Gasteiger partial charge in [0, 0.05) is 0 Å². The molecule has 3 nitrogen and oxygen atoms in total. The van der Waals surface area contributed by atoms with Gasteiger partial charge >= 0.3 is 0 Å². The Labute approximate surface area is 82.6 Å². The fourth-order valence-corrected chi connectivity index (χ4v) is 1.69. The van der Waals surface area contributed by atoms with E-state index in [1.807, 2.05) is 39.3 Å². The fourth-order valence-electron chi connectivity index (χ4n) is 0.565. The second kappa shape index (κ2) is 4.19. The molecule has 0 fully saturated rings. The van der Waals surface area contributed by atoms with Crippen LogP contribution >= 0.6 is 0 Å². The summed E-state index contributed by atoms with van der Waals surface area (Å²) in [7, 11) is -3.30. The van der Waals surface area contributed by atoms with Crippen LogP contribution in [0.15, 0.2) is 12.2 Å². The van der Waals surface area contributed by atoms with Crippen LogP contribution in [0.25, 0.3) is 0 Å². The maximum atomic E-state index is 9.32. The minimum absolute atomic E-state index is 0.0957. The molecule has 0 heterocycles. The molecule has 0 amide bonds. The van der Waals surface area contributed by atoms with Crippen molar-refractivity contribution in [3.05, 3.63) is 12.2 Å². The number of rotatable bonds is 4. The average molecular weight is 220 g/mol. The van der Waals surface area contributed by atoms with Crippen molar-refractivity contribution in [2.45, 2.75) is 39.3 Å². The molecule has 0 saturated heterocycles. The molecule has 13 heavy (non-hydrogen) atoms. The highest BCUT2D eigenvalue weighted by atomic mass is 28.4. The molecule has 0 radical (unpaired) electrons. The third-order valence-electron chi connectivity index (χ3n) is 0.924. The summed E-state index contributed by atoms with van der Waals surface area (Å²) in [6.45, 7) is 12.2. The standard InChI is InChI=1S/C8H20O3Si2/c1-12(2,3)10-7-8(9)11-13(4,5)6/h7,9H,1-6H3/b8-7+. The highest BCUT2D eigenvalue weighted by Gasteiger charge is 2.19. The van der Waals surface area contributed by atoms with E-state index < -0.39 is 16.6 Å². The zero-order chi connectivity index (χ0) is 10.7. The lowest BCUT2D eigenvalue weighted by Crippen LogP contribution is -2.26. The summed E-state index contributed by atoms with van der Waals surface area (Å²) >= 11 is 0. The van der Waals surface area contributed by atoms with Gasteiger partial charge in [-0.1, -0.05) is 0 Å². The van der Waals surface area contributed by atoms with E-state index in [9.17, 15) is 5.11 Å². The zero-order valence-electron chi connectivity index (χ0n) is 9.34. The van der Waals surface area contributed by atoms with Crippen LogP contribution in [0.3, 0.4) is 0 Å². The van der Waals surface area contributed by atoms with Crippen molar-refractivity contribution in [3.8, 4) is 0 Å². The van der Waals surface area contributed by atoms with Crippen LogP contribution in [0.4, 0.5) is 0 Å². The van der Waals surface area contributed by atoms with Gasteiger partial charge in [-0.2, -0.15) is 0 Å². The van der Waals surface area contributed by atoms with Gasteiger partial charge in [-0.25, -0.2) is 0 Å². The van der Waals surface area contributed by atoms with Crippen molar-refractivity contribution in [1.82, 2.24) is 0 Å². The molecular formula is C8H20O3Si2. The fraction of sp³-hybridized carbons (Fsp3) is 0.750. The first kappa shape index (κ1) is 12.6. The van der Waals surface area contributed by atoms with E-state index in [4.69, 9.17) is 8.85 Å². The molecule has 78 valence electrons. The predicted molar refractivity (Wildman–Crippen MR) is 59.6 cm³/mol. The topological polar surface area (TPSA) is 38.7 Å². The van der Waals surface area contributed by atoms with Gasteiger partial charge < -0.3 is 14.0 Å². The molecule has 0 aromatic carbocycles. The van der Waals surface area contributed by atoms with Crippen molar-refractivity contribution in [1.29, 1.82) is 0 Å². The summed E-state index contributed by atoms with van der Waals surface area (Å²) < 4.78 is 10.6. The molecule has 0 rings (SSSR count). The number of aliphatic hydroxyl groups is 1. The first-order valence-electron chi connectivity index (χ1n) is 4.36. The van der Waals surface area contributed by atoms with Crippen molar-refractivity contribution in [2.75, 3.05) is 0 Å². The van der Waals surface area contributed by atoms with Gasteiger partial charge in [-0.3, -0.25) is 0 Å². The lowest BCUT2D eigenvalue weighted by molar-refractivity contribution is 0.186. The second-order valence-corrected chi connectivity index (χ2v) is 13.8. The molecule has 0 aliphatic heterocycles. The van der Waals surface area contributed by atoms with Crippen molar-refractivity contribution < 1.29 is 14.0 Å². The summed E-state index contributed by atoms with van der Waals surface area (Å²) in [5.74, 6) is -0.0957. The van der Waals surface area contributed by atoms with Gasteiger partial charge in [0.15, 0.2) is 0 Å². The monoisotopic (exact) mass is 220 g/mol. The third kappa shape index (κ3) is 9.49. The molecule has 0 saturated carbocycles. The van der Waals surface area contributed by atoms with Gasteiger partial charge in [0.1, 0.15) is 6.26 Å². The lowest BCUT2D eigenvalue weighted by Gasteiger charge is -2.20. The Morgan fingerprint density at radius 1 is 1.00 bits per heavy atom. The maximum Gasteiger partial charge on any atom is 0.297 e. The van der Waals surface area contributed by atoms with Crippen LogP contribution in [0.5, 0.6) is 0 Å². The van der Waals surface area contributed by atoms with Gasteiger partial charge in [-0.15, -0.1) is 0 Å². The molecule has 0 bridgehead atoms. The SMILES string of the molecule is C[Si](C)(C)O/C=C(\O)O[Si](C)(C)C. The van der Waals surface area contributed by atoms with E-state index in [2.05, 4.69) is 0 Å².